The average molecular weight is 294 g/mol. The average Bonchev–Trinajstić information content (AvgIpc) is 2.95. The molecule has 1 aliphatic rings. The summed E-state index contributed by atoms with van der Waals surface area (Å²) in [5.41, 5.74) is 3.62. The van der Waals surface area contributed by atoms with Crippen LogP contribution in [0.2, 0.25) is 0 Å². The Morgan fingerprint density at radius 1 is 1.27 bits per heavy atom. The van der Waals surface area contributed by atoms with Crippen molar-refractivity contribution in [3.8, 4) is 0 Å². The zero-order chi connectivity index (χ0) is 15.1. The number of nitrogens with zero attached hydrogens (tertiary/aromatic N) is 5. The Morgan fingerprint density at radius 2 is 2.14 bits per heavy atom. The second-order valence-electron chi connectivity index (χ2n) is 5.81. The molecule has 6 nitrogen and oxygen atoms in total. The molecule has 0 saturated heterocycles. The summed E-state index contributed by atoms with van der Waals surface area (Å²) in [6.07, 6.45) is 2.54. The molecule has 0 fully saturated rings. The highest BCUT2D eigenvalue weighted by Crippen LogP contribution is 2.27. The lowest BCUT2D eigenvalue weighted by molar-refractivity contribution is 0.657. The van der Waals surface area contributed by atoms with E-state index in [2.05, 4.69) is 56.6 Å². The van der Waals surface area contributed by atoms with Gasteiger partial charge in [-0.1, -0.05) is 18.2 Å². The highest BCUT2D eigenvalue weighted by atomic mass is 15.4. The van der Waals surface area contributed by atoms with Gasteiger partial charge < -0.3 is 10.2 Å². The SMILES string of the molecule is Cc1cc(NC2Cc3ccccc3N(C)C2)n2ncnc2n1. The third-order valence-corrected chi connectivity index (χ3v) is 4.10. The van der Waals surface area contributed by atoms with Crippen molar-refractivity contribution in [2.24, 2.45) is 0 Å². The van der Waals surface area contributed by atoms with Crippen molar-refractivity contribution in [3.63, 3.8) is 0 Å². The largest absolute Gasteiger partial charge is 0.372 e. The van der Waals surface area contributed by atoms with Crippen molar-refractivity contribution in [2.45, 2.75) is 19.4 Å². The smallest absolute Gasteiger partial charge is 0.254 e. The Hall–Kier alpha value is -2.63. The molecule has 1 N–H and O–H groups in total. The summed E-state index contributed by atoms with van der Waals surface area (Å²) in [7, 11) is 2.13. The number of fused-ring (bicyclic) bond motifs is 2. The lowest BCUT2D eigenvalue weighted by Gasteiger charge is -2.34. The molecule has 0 saturated carbocycles. The van der Waals surface area contributed by atoms with Gasteiger partial charge in [0, 0.05) is 37.1 Å². The Balaban J connectivity index is 1.65. The Bertz CT molecular complexity index is 824. The summed E-state index contributed by atoms with van der Waals surface area (Å²) in [4.78, 5) is 10.8. The van der Waals surface area contributed by atoms with Crippen molar-refractivity contribution < 1.29 is 0 Å². The van der Waals surface area contributed by atoms with Crippen molar-refractivity contribution in [1.82, 2.24) is 19.6 Å². The molecule has 22 heavy (non-hydrogen) atoms. The summed E-state index contributed by atoms with van der Waals surface area (Å²) < 4.78 is 1.76. The number of hydrogen-bond acceptors (Lipinski definition) is 5. The molecule has 0 spiro atoms. The van der Waals surface area contributed by atoms with E-state index < -0.39 is 0 Å². The van der Waals surface area contributed by atoms with Crippen LogP contribution in [0.3, 0.4) is 0 Å². The lowest BCUT2D eigenvalue weighted by Crippen LogP contribution is -2.40. The van der Waals surface area contributed by atoms with Gasteiger partial charge in [0.2, 0.25) is 0 Å². The lowest BCUT2D eigenvalue weighted by atomic mass is 9.98. The number of aryl methyl sites for hydroxylation is 1. The molecular formula is C16H18N6. The van der Waals surface area contributed by atoms with Crippen LogP contribution < -0.4 is 10.2 Å². The first kappa shape index (κ1) is 13.1. The number of rotatable bonds is 2. The zero-order valence-corrected chi connectivity index (χ0v) is 12.7. The maximum absolute atomic E-state index is 4.38. The first-order chi connectivity index (χ1) is 10.7. The van der Waals surface area contributed by atoms with Crippen LogP contribution in [0.4, 0.5) is 11.5 Å². The van der Waals surface area contributed by atoms with Crippen LogP contribution in [-0.2, 0) is 6.42 Å². The fourth-order valence-electron chi connectivity index (χ4n) is 3.15. The van der Waals surface area contributed by atoms with Gasteiger partial charge in [-0.15, -0.1) is 0 Å². The molecule has 3 aromatic rings. The topological polar surface area (TPSA) is 58.4 Å². The Kier molecular flexibility index (Phi) is 2.96. The molecule has 0 amide bonds. The summed E-state index contributed by atoms with van der Waals surface area (Å²) >= 11 is 0. The van der Waals surface area contributed by atoms with Crippen molar-refractivity contribution in [3.05, 3.63) is 47.9 Å². The Labute approximate surface area is 128 Å². The van der Waals surface area contributed by atoms with Crippen molar-refractivity contribution in [2.75, 3.05) is 23.8 Å². The van der Waals surface area contributed by atoms with E-state index in [1.54, 1.807) is 4.52 Å². The quantitative estimate of drug-likeness (QED) is 0.782. The predicted molar refractivity (Wildman–Crippen MR) is 86.3 cm³/mol. The highest BCUT2D eigenvalue weighted by Gasteiger charge is 2.22. The van der Waals surface area contributed by atoms with Gasteiger partial charge in [-0.3, -0.25) is 0 Å². The minimum Gasteiger partial charge on any atom is -0.372 e. The second kappa shape index (κ2) is 4.98. The molecule has 4 rings (SSSR count). The van der Waals surface area contributed by atoms with Gasteiger partial charge in [-0.2, -0.15) is 14.6 Å². The van der Waals surface area contributed by atoms with Crippen LogP contribution in [0.1, 0.15) is 11.3 Å². The first-order valence-electron chi connectivity index (χ1n) is 7.43. The number of nitrogens with one attached hydrogen (secondary N) is 1. The van der Waals surface area contributed by atoms with E-state index in [-0.39, 0.29) is 0 Å². The van der Waals surface area contributed by atoms with Crippen LogP contribution >= 0.6 is 0 Å². The first-order valence-corrected chi connectivity index (χ1v) is 7.43. The van der Waals surface area contributed by atoms with E-state index in [0.717, 1.165) is 24.5 Å². The molecule has 1 atom stereocenters. The Morgan fingerprint density at radius 3 is 3.05 bits per heavy atom. The van der Waals surface area contributed by atoms with Crippen molar-refractivity contribution >= 4 is 17.3 Å². The van der Waals surface area contributed by atoms with Crippen LogP contribution in [0.15, 0.2) is 36.7 Å². The van der Waals surface area contributed by atoms with E-state index in [9.17, 15) is 0 Å². The molecule has 2 aromatic heterocycles. The molecule has 1 aliphatic heterocycles. The van der Waals surface area contributed by atoms with E-state index in [4.69, 9.17) is 0 Å². The maximum Gasteiger partial charge on any atom is 0.254 e. The molecule has 3 heterocycles. The van der Waals surface area contributed by atoms with E-state index in [1.807, 2.05) is 13.0 Å². The summed E-state index contributed by atoms with van der Waals surface area (Å²) in [6, 6.07) is 10.9. The van der Waals surface area contributed by atoms with Crippen LogP contribution in [0, 0.1) is 6.92 Å². The molecule has 0 radical (unpaired) electrons. The van der Waals surface area contributed by atoms with Gasteiger partial charge in [0.25, 0.3) is 5.78 Å². The van der Waals surface area contributed by atoms with Gasteiger partial charge in [-0.05, 0) is 25.0 Å². The summed E-state index contributed by atoms with van der Waals surface area (Å²) in [5, 5.41) is 7.86. The standard InChI is InChI=1S/C16H18N6/c1-11-7-15(22-16(19-11)17-10-18-22)20-13-8-12-5-3-4-6-14(12)21(2)9-13/h3-7,10,13,20H,8-9H2,1-2H3. The van der Waals surface area contributed by atoms with Gasteiger partial charge in [0.15, 0.2) is 0 Å². The molecule has 0 aliphatic carbocycles. The molecular weight excluding hydrogens is 276 g/mol. The molecule has 0 bridgehead atoms. The minimum atomic E-state index is 0.328. The number of para-hydroxylation sites is 1. The number of benzene rings is 1. The molecule has 1 aromatic carbocycles. The normalized spacial score (nSPS) is 17.5. The van der Waals surface area contributed by atoms with E-state index in [0.29, 0.717) is 11.8 Å². The number of hydrogen-bond donors (Lipinski definition) is 1. The maximum atomic E-state index is 4.38. The minimum absolute atomic E-state index is 0.328. The molecule has 6 heteroatoms. The third-order valence-electron chi connectivity index (χ3n) is 4.10. The van der Waals surface area contributed by atoms with Gasteiger partial charge in [-0.25, -0.2) is 4.98 Å². The van der Waals surface area contributed by atoms with Crippen LogP contribution in [-0.4, -0.2) is 39.2 Å². The zero-order valence-electron chi connectivity index (χ0n) is 12.7. The molecule has 1 unspecified atom stereocenters. The van der Waals surface area contributed by atoms with Crippen molar-refractivity contribution in [1.29, 1.82) is 0 Å². The number of aromatic nitrogens is 4. The summed E-state index contributed by atoms with van der Waals surface area (Å²) in [6.45, 7) is 2.93. The van der Waals surface area contributed by atoms with Gasteiger partial charge >= 0.3 is 0 Å². The van der Waals surface area contributed by atoms with Crippen LogP contribution in [0.25, 0.3) is 5.78 Å². The number of likely N-dealkylation sites (N-methyl/N-ethyl adjacent to an activating group) is 1. The number of anilines is 2. The predicted octanol–water partition coefficient (Wildman–Crippen LogP) is 1.91. The monoisotopic (exact) mass is 294 g/mol. The van der Waals surface area contributed by atoms with Gasteiger partial charge in [0.05, 0.1) is 0 Å². The van der Waals surface area contributed by atoms with Crippen LogP contribution in [0.5, 0.6) is 0 Å². The molecule has 112 valence electrons. The summed E-state index contributed by atoms with van der Waals surface area (Å²) in [5.74, 6) is 1.57. The third kappa shape index (κ3) is 2.16. The fourth-order valence-corrected chi connectivity index (χ4v) is 3.15. The highest BCUT2D eigenvalue weighted by molar-refractivity contribution is 5.57. The van der Waals surface area contributed by atoms with Gasteiger partial charge in [0.1, 0.15) is 12.1 Å². The van der Waals surface area contributed by atoms with E-state index in [1.165, 1.54) is 17.6 Å². The fraction of sp³-hybridized carbons (Fsp3) is 0.312. The van der Waals surface area contributed by atoms with E-state index >= 15 is 0 Å². The second-order valence-corrected chi connectivity index (χ2v) is 5.81.